The second kappa shape index (κ2) is 5.95. The fraction of sp³-hybridized carbons (Fsp3) is 0.364. The molecule has 2 aromatic heterocycles. The van der Waals surface area contributed by atoms with E-state index < -0.39 is 4.92 Å². The molecule has 20 heavy (non-hydrogen) atoms. The van der Waals surface area contributed by atoms with Crippen LogP contribution in [-0.2, 0) is 6.42 Å². The zero-order valence-electron chi connectivity index (χ0n) is 11.1. The van der Waals surface area contributed by atoms with Gasteiger partial charge in [0.25, 0.3) is 0 Å². The molecule has 0 aliphatic heterocycles. The average molecular weight is 278 g/mol. The molecule has 9 heteroatoms. The highest BCUT2D eigenvalue weighted by molar-refractivity contribution is 5.60. The zero-order valence-corrected chi connectivity index (χ0v) is 11.1. The van der Waals surface area contributed by atoms with Crippen LogP contribution in [0.3, 0.4) is 0 Å². The van der Waals surface area contributed by atoms with Gasteiger partial charge in [-0.05, 0) is 13.0 Å². The SMILES string of the molecule is CNc1ccc([N+](=O)[O-])c(NCCc2nc(C)no2)n1. The molecule has 0 amide bonds. The number of nitrogens with one attached hydrogen (secondary N) is 2. The Bertz CT molecular complexity index is 612. The first-order valence-corrected chi connectivity index (χ1v) is 5.96. The topological polar surface area (TPSA) is 119 Å². The van der Waals surface area contributed by atoms with E-state index in [4.69, 9.17) is 4.52 Å². The molecule has 0 aliphatic rings. The Hall–Kier alpha value is -2.71. The van der Waals surface area contributed by atoms with E-state index in [2.05, 4.69) is 25.8 Å². The summed E-state index contributed by atoms with van der Waals surface area (Å²) in [7, 11) is 1.69. The molecule has 0 aliphatic carbocycles. The zero-order chi connectivity index (χ0) is 14.5. The first kappa shape index (κ1) is 13.7. The van der Waals surface area contributed by atoms with Crippen LogP contribution in [0.2, 0.25) is 0 Å². The smallest absolute Gasteiger partial charge is 0.311 e. The third-order valence-electron chi connectivity index (χ3n) is 2.53. The number of aromatic nitrogens is 3. The lowest BCUT2D eigenvalue weighted by Crippen LogP contribution is -2.09. The largest absolute Gasteiger partial charge is 0.373 e. The minimum absolute atomic E-state index is 0.0780. The summed E-state index contributed by atoms with van der Waals surface area (Å²) in [6.45, 7) is 2.13. The lowest BCUT2D eigenvalue weighted by molar-refractivity contribution is -0.384. The van der Waals surface area contributed by atoms with Gasteiger partial charge >= 0.3 is 5.69 Å². The molecule has 2 aromatic rings. The second-order valence-electron chi connectivity index (χ2n) is 3.98. The maximum Gasteiger partial charge on any atom is 0.311 e. The van der Waals surface area contributed by atoms with Crippen molar-refractivity contribution in [2.24, 2.45) is 0 Å². The Morgan fingerprint density at radius 1 is 1.40 bits per heavy atom. The molecule has 0 aromatic carbocycles. The molecule has 2 heterocycles. The third-order valence-corrected chi connectivity index (χ3v) is 2.53. The molecule has 0 saturated carbocycles. The Labute approximate surface area is 114 Å². The van der Waals surface area contributed by atoms with Crippen molar-refractivity contribution >= 4 is 17.3 Å². The van der Waals surface area contributed by atoms with Gasteiger partial charge in [0.15, 0.2) is 5.82 Å². The van der Waals surface area contributed by atoms with Gasteiger partial charge in [-0.15, -0.1) is 0 Å². The van der Waals surface area contributed by atoms with Gasteiger partial charge in [-0.25, -0.2) is 4.98 Å². The Balaban J connectivity index is 2.05. The van der Waals surface area contributed by atoms with Gasteiger partial charge < -0.3 is 15.2 Å². The van der Waals surface area contributed by atoms with Crippen molar-refractivity contribution in [3.63, 3.8) is 0 Å². The predicted molar refractivity (Wildman–Crippen MR) is 71.7 cm³/mol. The van der Waals surface area contributed by atoms with Crippen molar-refractivity contribution in [3.8, 4) is 0 Å². The average Bonchev–Trinajstić information content (AvgIpc) is 2.84. The van der Waals surface area contributed by atoms with Crippen LogP contribution in [0.4, 0.5) is 17.3 Å². The van der Waals surface area contributed by atoms with Gasteiger partial charge in [0, 0.05) is 26.1 Å². The molecule has 2 N–H and O–H groups in total. The molecule has 0 spiro atoms. The van der Waals surface area contributed by atoms with Crippen LogP contribution >= 0.6 is 0 Å². The summed E-state index contributed by atoms with van der Waals surface area (Å²) in [5.41, 5.74) is -0.0780. The number of hydrogen-bond donors (Lipinski definition) is 2. The van der Waals surface area contributed by atoms with E-state index in [1.807, 2.05) is 0 Å². The number of nitro groups is 1. The maximum atomic E-state index is 10.9. The summed E-state index contributed by atoms with van der Waals surface area (Å²) in [6.07, 6.45) is 0.462. The van der Waals surface area contributed by atoms with E-state index in [9.17, 15) is 10.1 Å². The van der Waals surface area contributed by atoms with E-state index >= 15 is 0 Å². The fourth-order valence-electron chi connectivity index (χ4n) is 1.60. The first-order valence-electron chi connectivity index (χ1n) is 5.96. The van der Waals surface area contributed by atoms with Crippen LogP contribution in [0.25, 0.3) is 0 Å². The van der Waals surface area contributed by atoms with Crippen LogP contribution < -0.4 is 10.6 Å². The molecule has 0 unspecified atom stereocenters. The van der Waals surface area contributed by atoms with Crippen LogP contribution in [-0.4, -0.2) is 33.6 Å². The maximum absolute atomic E-state index is 10.9. The number of aryl methyl sites for hydroxylation is 1. The normalized spacial score (nSPS) is 10.3. The fourth-order valence-corrected chi connectivity index (χ4v) is 1.60. The minimum Gasteiger partial charge on any atom is -0.373 e. The summed E-state index contributed by atoms with van der Waals surface area (Å²) in [5, 5.41) is 20.3. The van der Waals surface area contributed by atoms with Crippen molar-refractivity contribution in [2.75, 3.05) is 24.2 Å². The van der Waals surface area contributed by atoms with Crippen LogP contribution in [0.15, 0.2) is 16.7 Å². The molecular formula is C11H14N6O3. The monoisotopic (exact) mass is 278 g/mol. The molecule has 0 saturated heterocycles. The summed E-state index contributed by atoms with van der Waals surface area (Å²) in [4.78, 5) is 18.6. The quantitative estimate of drug-likeness (QED) is 0.600. The lowest BCUT2D eigenvalue weighted by atomic mass is 10.3. The van der Waals surface area contributed by atoms with Crippen molar-refractivity contribution < 1.29 is 9.45 Å². The van der Waals surface area contributed by atoms with E-state index in [0.29, 0.717) is 30.5 Å². The van der Waals surface area contributed by atoms with Crippen molar-refractivity contribution in [1.29, 1.82) is 0 Å². The minimum atomic E-state index is -0.481. The van der Waals surface area contributed by atoms with Crippen molar-refractivity contribution in [1.82, 2.24) is 15.1 Å². The van der Waals surface area contributed by atoms with E-state index in [1.54, 1.807) is 20.0 Å². The molecule has 0 radical (unpaired) electrons. The number of pyridine rings is 1. The molecule has 9 nitrogen and oxygen atoms in total. The number of anilines is 2. The third kappa shape index (κ3) is 3.19. The number of hydrogen-bond acceptors (Lipinski definition) is 8. The molecule has 0 fully saturated rings. The van der Waals surface area contributed by atoms with Crippen LogP contribution in [0.5, 0.6) is 0 Å². The van der Waals surface area contributed by atoms with Crippen molar-refractivity contribution in [2.45, 2.75) is 13.3 Å². The van der Waals surface area contributed by atoms with Gasteiger partial charge in [-0.2, -0.15) is 4.98 Å². The van der Waals surface area contributed by atoms with E-state index in [0.717, 1.165) is 0 Å². The summed E-state index contributed by atoms with van der Waals surface area (Å²) in [6, 6.07) is 2.95. The molecule has 106 valence electrons. The molecule has 0 atom stereocenters. The summed E-state index contributed by atoms with van der Waals surface area (Å²) >= 11 is 0. The van der Waals surface area contributed by atoms with Gasteiger partial charge in [-0.1, -0.05) is 5.16 Å². The lowest BCUT2D eigenvalue weighted by Gasteiger charge is -2.06. The highest BCUT2D eigenvalue weighted by Gasteiger charge is 2.15. The predicted octanol–water partition coefficient (Wildman–Crippen LogP) is 1.38. The number of nitrogens with zero attached hydrogens (tertiary/aromatic N) is 4. The molecule has 2 rings (SSSR count). The summed E-state index contributed by atoms with van der Waals surface area (Å²) in [5.74, 6) is 1.79. The summed E-state index contributed by atoms with van der Waals surface area (Å²) < 4.78 is 4.96. The van der Waals surface area contributed by atoms with E-state index in [1.165, 1.54) is 6.07 Å². The first-order chi connectivity index (χ1) is 9.60. The van der Waals surface area contributed by atoms with Crippen molar-refractivity contribution in [3.05, 3.63) is 34.0 Å². The van der Waals surface area contributed by atoms with Crippen LogP contribution in [0.1, 0.15) is 11.7 Å². The number of rotatable bonds is 6. The Morgan fingerprint density at radius 3 is 2.80 bits per heavy atom. The van der Waals surface area contributed by atoms with Gasteiger partial charge in [0.2, 0.25) is 11.7 Å². The standard InChI is InChI=1S/C11H14N6O3/c1-7-14-10(20-16-7)5-6-13-11-8(17(18)19)3-4-9(12-2)15-11/h3-4H,5-6H2,1-2H3,(H2,12,13,15). The van der Waals surface area contributed by atoms with Gasteiger partial charge in [-0.3, -0.25) is 10.1 Å². The highest BCUT2D eigenvalue weighted by Crippen LogP contribution is 2.23. The van der Waals surface area contributed by atoms with Gasteiger partial charge in [0.1, 0.15) is 5.82 Å². The Kier molecular flexibility index (Phi) is 4.08. The van der Waals surface area contributed by atoms with E-state index in [-0.39, 0.29) is 11.5 Å². The second-order valence-corrected chi connectivity index (χ2v) is 3.98. The molecular weight excluding hydrogens is 264 g/mol. The van der Waals surface area contributed by atoms with Gasteiger partial charge in [0.05, 0.1) is 4.92 Å². The molecule has 0 bridgehead atoms. The Morgan fingerprint density at radius 2 is 2.20 bits per heavy atom. The van der Waals surface area contributed by atoms with Crippen LogP contribution in [0, 0.1) is 17.0 Å². The highest BCUT2D eigenvalue weighted by atomic mass is 16.6.